The monoisotopic (exact) mass is 462 g/mol. The summed E-state index contributed by atoms with van der Waals surface area (Å²) in [5, 5.41) is 3.01. The van der Waals surface area contributed by atoms with Crippen molar-refractivity contribution in [1.82, 2.24) is 9.62 Å². The van der Waals surface area contributed by atoms with Crippen molar-refractivity contribution in [2.45, 2.75) is 30.7 Å². The Balaban J connectivity index is 1.71. The molecule has 174 valence electrons. The Morgan fingerprint density at radius 1 is 1.03 bits per heavy atom. The number of ether oxygens (including phenoxy) is 3. The maximum absolute atomic E-state index is 13.1. The van der Waals surface area contributed by atoms with Gasteiger partial charge in [0, 0.05) is 18.7 Å². The van der Waals surface area contributed by atoms with Crippen LogP contribution in [0, 0.1) is 5.92 Å². The molecule has 1 heterocycles. The predicted octanol–water partition coefficient (Wildman–Crippen LogP) is 2.99. The van der Waals surface area contributed by atoms with E-state index in [1.165, 1.54) is 23.5 Å². The van der Waals surface area contributed by atoms with E-state index in [9.17, 15) is 13.2 Å². The quantitative estimate of drug-likeness (QED) is 0.648. The lowest BCUT2D eigenvalue weighted by molar-refractivity contribution is -0.126. The summed E-state index contributed by atoms with van der Waals surface area (Å²) in [5.74, 6) is 1.27. The van der Waals surface area contributed by atoms with Gasteiger partial charge >= 0.3 is 0 Å². The summed E-state index contributed by atoms with van der Waals surface area (Å²) in [5.41, 5.74) is 0.790. The van der Waals surface area contributed by atoms with Crippen molar-refractivity contribution in [3.05, 3.63) is 48.0 Å². The first-order chi connectivity index (χ1) is 15.3. The highest BCUT2D eigenvalue weighted by molar-refractivity contribution is 7.89. The van der Waals surface area contributed by atoms with Gasteiger partial charge in [-0.25, -0.2) is 8.42 Å². The molecule has 1 aliphatic heterocycles. The molecule has 8 nitrogen and oxygen atoms in total. The highest BCUT2D eigenvalue weighted by Crippen LogP contribution is 2.30. The second-order valence-electron chi connectivity index (χ2n) is 7.72. The van der Waals surface area contributed by atoms with Gasteiger partial charge in [-0.3, -0.25) is 4.79 Å². The Kier molecular flexibility index (Phi) is 7.63. The first kappa shape index (κ1) is 23.9. The second kappa shape index (κ2) is 10.2. The number of nitrogens with one attached hydrogen (secondary N) is 1. The van der Waals surface area contributed by atoms with Gasteiger partial charge in [0.05, 0.1) is 38.2 Å². The molecule has 1 aliphatic rings. The number of hydrogen-bond donors (Lipinski definition) is 1. The number of benzene rings is 2. The van der Waals surface area contributed by atoms with E-state index in [0.29, 0.717) is 36.6 Å². The molecule has 0 spiro atoms. The van der Waals surface area contributed by atoms with Crippen molar-refractivity contribution in [3.63, 3.8) is 0 Å². The Bertz CT molecular complexity index is 1040. The minimum absolute atomic E-state index is 0.141. The molecule has 2 atom stereocenters. The highest BCUT2D eigenvalue weighted by atomic mass is 32.2. The molecule has 0 saturated carbocycles. The molecular formula is C23H30N2O6S. The van der Waals surface area contributed by atoms with Crippen LogP contribution < -0.4 is 19.5 Å². The molecule has 2 aromatic rings. The number of sulfonamides is 1. The number of nitrogens with zero attached hydrogens (tertiary/aromatic N) is 1. The fourth-order valence-corrected chi connectivity index (χ4v) is 5.38. The number of rotatable bonds is 8. The van der Waals surface area contributed by atoms with Gasteiger partial charge in [-0.15, -0.1) is 0 Å². The number of methoxy groups -OCH3 is 3. The van der Waals surface area contributed by atoms with Gasteiger partial charge in [0.25, 0.3) is 0 Å². The zero-order valence-corrected chi connectivity index (χ0v) is 19.6. The number of piperidine rings is 1. The Hall–Kier alpha value is -2.78. The number of hydrogen-bond acceptors (Lipinski definition) is 6. The average Bonchev–Trinajstić information content (AvgIpc) is 2.83. The van der Waals surface area contributed by atoms with Crippen LogP contribution >= 0.6 is 0 Å². The standard InChI is InChI=1S/C23H30N2O6S/c1-16(21-14-19(30-3)9-12-22(21)31-4)24-23(26)17-6-5-13-25(15-17)32(27,28)20-10-7-18(29-2)8-11-20/h7-12,14,16-17H,5-6,13,15H2,1-4H3,(H,24,26)/t16-,17-/m0/s1. The zero-order chi connectivity index (χ0) is 23.3. The molecule has 2 aromatic carbocycles. The van der Waals surface area contributed by atoms with E-state index in [1.807, 2.05) is 13.0 Å². The van der Waals surface area contributed by atoms with Crippen LogP contribution in [-0.4, -0.2) is 53.0 Å². The largest absolute Gasteiger partial charge is 0.497 e. The molecule has 1 fully saturated rings. The third-order valence-electron chi connectivity index (χ3n) is 5.71. The lowest BCUT2D eigenvalue weighted by Gasteiger charge is -2.32. The molecule has 0 aromatic heterocycles. The SMILES string of the molecule is COc1ccc(S(=O)(=O)N2CCC[C@H](C(=O)N[C@@H](C)c3cc(OC)ccc3OC)C2)cc1. The molecule has 1 amide bonds. The molecule has 9 heteroatoms. The van der Waals surface area contributed by atoms with Gasteiger partial charge in [0.2, 0.25) is 15.9 Å². The fourth-order valence-electron chi connectivity index (χ4n) is 3.86. The van der Waals surface area contributed by atoms with E-state index in [-0.39, 0.29) is 23.4 Å². The zero-order valence-electron chi connectivity index (χ0n) is 18.8. The molecule has 0 unspecified atom stereocenters. The summed E-state index contributed by atoms with van der Waals surface area (Å²) in [6.45, 7) is 2.39. The number of amides is 1. The molecule has 1 saturated heterocycles. The third-order valence-corrected chi connectivity index (χ3v) is 7.59. The van der Waals surface area contributed by atoms with Crippen molar-refractivity contribution in [1.29, 1.82) is 0 Å². The highest BCUT2D eigenvalue weighted by Gasteiger charge is 2.34. The number of carbonyl (C=O) groups excluding carboxylic acids is 1. The van der Waals surface area contributed by atoms with Crippen molar-refractivity contribution in [2.24, 2.45) is 5.92 Å². The van der Waals surface area contributed by atoms with Crippen LogP contribution in [0.2, 0.25) is 0 Å². The predicted molar refractivity (Wildman–Crippen MR) is 121 cm³/mol. The fraction of sp³-hybridized carbons (Fsp3) is 0.435. The van der Waals surface area contributed by atoms with E-state index >= 15 is 0 Å². The summed E-state index contributed by atoms with van der Waals surface area (Å²) in [6.07, 6.45) is 1.24. The Labute approximate surface area is 189 Å². The average molecular weight is 463 g/mol. The molecule has 1 N–H and O–H groups in total. The topological polar surface area (TPSA) is 94.2 Å². The third kappa shape index (κ3) is 5.16. The Morgan fingerprint density at radius 2 is 1.69 bits per heavy atom. The van der Waals surface area contributed by atoms with Gasteiger partial charge in [-0.05, 0) is 62.2 Å². The molecule has 0 radical (unpaired) electrons. The smallest absolute Gasteiger partial charge is 0.243 e. The van der Waals surface area contributed by atoms with Crippen molar-refractivity contribution in [3.8, 4) is 17.2 Å². The van der Waals surface area contributed by atoms with Crippen molar-refractivity contribution < 1.29 is 27.4 Å². The minimum atomic E-state index is -3.69. The normalized spacial score (nSPS) is 17.9. The summed E-state index contributed by atoms with van der Waals surface area (Å²) in [6, 6.07) is 11.4. The maximum atomic E-state index is 13.1. The van der Waals surface area contributed by atoms with Gasteiger partial charge in [-0.2, -0.15) is 4.31 Å². The molecule has 0 aliphatic carbocycles. The first-order valence-electron chi connectivity index (χ1n) is 10.5. The first-order valence-corrected chi connectivity index (χ1v) is 11.9. The maximum Gasteiger partial charge on any atom is 0.243 e. The van der Waals surface area contributed by atoms with Crippen LogP contribution in [0.25, 0.3) is 0 Å². The summed E-state index contributed by atoms with van der Waals surface area (Å²) >= 11 is 0. The van der Waals surface area contributed by atoms with Crippen LogP contribution in [0.4, 0.5) is 0 Å². The molecule has 0 bridgehead atoms. The van der Waals surface area contributed by atoms with Crippen LogP contribution in [0.3, 0.4) is 0 Å². The summed E-state index contributed by atoms with van der Waals surface area (Å²) in [4.78, 5) is 13.2. The van der Waals surface area contributed by atoms with Crippen LogP contribution in [0.15, 0.2) is 47.4 Å². The lowest BCUT2D eigenvalue weighted by atomic mass is 9.97. The molecular weight excluding hydrogens is 432 g/mol. The van der Waals surface area contributed by atoms with Crippen LogP contribution in [0.1, 0.15) is 31.4 Å². The molecule has 32 heavy (non-hydrogen) atoms. The number of carbonyl (C=O) groups is 1. The van der Waals surface area contributed by atoms with E-state index in [4.69, 9.17) is 14.2 Å². The van der Waals surface area contributed by atoms with Crippen molar-refractivity contribution >= 4 is 15.9 Å². The summed E-state index contributed by atoms with van der Waals surface area (Å²) in [7, 11) is 0.985. The van der Waals surface area contributed by atoms with E-state index in [0.717, 1.165) is 5.56 Å². The van der Waals surface area contributed by atoms with E-state index in [1.54, 1.807) is 38.5 Å². The van der Waals surface area contributed by atoms with Crippen molar-refractivity contribution in [2.75, 3.05) is 34.4 Å². The lowest BCUT2D eigenvalue weighted by Crippen LogP contribution is -2.45. The minimum Gasteiger partial charge on any atom is -0.497 e. The van der Waals surface area contributed by atoms with Crippen LogP contribution in [-0.2, 0) is 14.8 Å². The van der Waals surface area contributed by atoms with E-state index < -0.39 is 15.9 Å². The molecule has 3 rings (SSSR count). The summed E-state index contributed by atoms with van der Waals surface area (Å²) < 4.78 is 43.3. The van der Waals surface area contributed by atoms with Gasteiger partial charge in [0.15, 0.2) is 0 Å². The van der Waals surface area contributed by atoms with Gasteiger partial charge in [-0.1, -0.05) is 0 Å². The second-order valence-corrected chi connectivity index (χ2v) is 9.65. The van der Waals surface area contributed by atoms with E-state index in [2.05, 4.69) is 5.32 Å². The van der Waals surface area contributed by atoms with Gasteiger partial charge < -0.3 is 19.5 Å². The van der Waals surface area contributed by atoms with Gasteiger partial charge in [0.1, 0.15) is 17.2 Å². The van der Waals surface area contributed by atoms with Crippen LogP contribution in [0.5, 0.6) is 17.2 Å². The Morgan fingerprint density at radius 3 is 2.31 bits per heavy atom.